The summed E-state index contributed by atoms with van der Waals surface area (Å²) < 4.78 is 5.96. The van der Waals surface area contributed by atoms with Crippen molar-refractivity contribution in [1.29, 1.82) is 0 Å². The molecule has 0 fully saturated rings. The van der Waals surface area contributed by atoms with Gasteiger partial charge in [0.2, 0.25) is 11.8 Å². The second-order valence-electron chi connectivity index (χ2n) is 7.52. The first-order chi connectivity index (χ1) is 16.5. The van der Waals surface area contributed by atoms with Crippen LogP contribution < -0.4 is 5.32 Å². The van der Waals surface area contributed by atoms with Crippen molar-refractivity contribution < 1.29 is 14.1 Å². The molecule has 0 aliphatic heterocycles. The van der Waals surface area contributed by atoms with Crippen LogP contribution in [-0.2, 0) is 4.79 Å². The van der Waals surface area contributed by atoms with Crippen LogP contribution in [0, 0.1) is 10.1 Å². The van der Waals surface area contributed by atoms with Crippen molar-refractivity contribution in [3.05, 3.63) is 106 Å². The average Bonchev–Trinajstić information content (AvgIpc) is 3.26. The van der Waals surface area contributed by atoms with Gasteiger partial charge < -0.3 is 9.73 Å². The summed E-state index contributed by atoms with van der Waals surface area (Å²) in [5.41, 5.74) is 2.91. The predicted octanol–water partition coefficient (Wildman–Crippen LogP) is 6.86. The van der Waals surface area contributed by atoms with Crippen LogP contribution in [-0.4, -0.2) is 15.8 Å². The van der Waals surface area contributed by atoms with Gasteiger partial charge in [0.05, 0.1) is 4.92 Å². The third-order valence-electron chi connectivity index (χ3n) is 5.27. The molecular formula is C26H16ClN3O4. The number of fused-ring (bicyclic) bond motifs is 2. The van der Waals surface area contributed by atoms with E-state index in [0.29, 0.717) is 28.2 Å². The van der Waals surface area contributed by atoms with Gasteiger partial charge in [0.1, 0.15) is 10.5 Å². The second kappa shape index (κ2) is 8.80. The van der Waals surface area contributed by atoms with E-state index in [-0.39, 0.29) is 10.7 Å². The molecule has 0 spiro atoms. The zero-order valence-corrected chi connectivity index (χ0v) is 18.3. The normalized spacial score (nSPS) is 11.3. The van der Waals surface area contributed by atoms with Crippen LogP contribution in [0.3, 0.4) is 0 Å². The van der Waals surface area contributed by atoms with E-state index in [1.807, 2.05) is 42.5 Å². The van der Waals surface area contributed by atoms with Crippen LogP contribution in [0.1, 0.15) is 5.56 Å². The van der Waals surface area contributed by atoms with Crippen LogP contribution in [0.5, 0.6) is 0 Å². The molecule has 4 aromatic carbocycles. The van der Waals surface area contributed by atoms with Gasteiger partial charge in [-0.15, -0.1) is 0 Å². The standard InChI is InChI=1S/C26H16ClN3O4/c27-21-11-8-16(14-23(21)30(32)33)9-13-25(31)28-18-10-12-24-22(15-18)29-26(34-24)20-7-3-5-17-4-1-2-6-19(17)20/h1-15H,(H,28,31)/b13-9+. The molecule has 0 aliphatic rings. The lowest BCUT2D eigenvalue weighted by Crippen LogP contribution is -2.07. The van der Waals surface area contributed by atoms with Gasteiger partial charge >= 0.3 is 0 Å². The van der Waals surface area contributed by atoms with E-state index >= 15 is 0 Å². The Bertz CT molecular complexity index is 1600. The Morgan fingerprint density at radius 3 is 2.71 bits per heavy atom. The molecule has 7 nitrogen and oxygen atoms in total. The van der Waals surface area contributed by atoms with Gasteiger partial charge in [0.25, 0.3) is 5.69 Å². The van der Waals surface area contributed by atoms with Crippen LogP contribution >= 0.6 is 11.6 Å². The number of nitro groups is 1. The maximum atomic E-state index is 12.4. The fourth-order valence-electron chi connectivity index (χ4n) is 3.66. The molecule has 0 atom stereocenters. The van der Waals surface area contributed by atoms with E-state index in [2.05, 4.69) is 10.3 Å². The molecule has 5 rings (SSSR count). The van der Waals surface area contributed by atoms with E-state index in [0.717, 1.165) is 16.3 Å². The largest absolute Gasteiger partial charge is 0.436 e. The van der Waals surface area contributed by atoms with Crippen molar-refractivity contribution in [1.82, 2.24) is 4.98 Å². The third-order valence-corrected chi connectivity index (χ3v) is 5.59. The number of hydrogen-bond acceptors (Lipinski definition) is 5. The second-order valence-corrected chi connectivity index (χ2v) is 7.93. The summed E-state index contributed by atoms with van der Waals surface area (Å²) >= 11 is 5.82. The minimum absolute atomic E-state index is 0.0374. The first-order valence-corrected chi connectivity index (χ1v) is 10.7. The molecule has 0 saturated heterocycles. The van der Waals surface area contributed by atoms with E-state index in [1.54, 1.807) is 24.3 Å². The van der Waals surface area contributed by atoms with Gasteiger partial charge in [-0.05, 0) is 52.7 Å². The Labute approximate surface area is 198 Å². The molecule has 1 heterocycles. The van der Waals surface area contributed by atoms with Crippen LogP contribution in [0.15, 0.2) is 89.4 Å². The maximum absolute atomic E-state index is 12.4. The van der Waals surface area contributed by atoms with Gasteiger partial charge in [0.15, 0.2) is 5.58 Å². The topological polar surface area (TPSA) is 98.3 Å². The molecule has 0 bridgehead atoms. The summed E-state index contributed by atoms with van der Waals surface area (Å²) in [4.78, 5) is 27.4. The summed E-state index contributed by atoms with van der Waals surface area (Å²) in [6.45, 7) is 0. The number of aromatic nitrogens is 1. The molecule has 1 amide bonds. The minimum Gasteiger partial charge on any atom is -0.436 e. The molecule has 8 heteroatoms. The quantitative estimate of drug-likeness (QED) is 0.172. The molecule has 34 heavy (non-hydrogen) atoms. The predicted molar refractivity (Wildman–Crippen MR) is 133 cm³/mol. The first kappa shape index (κ1) is 21.4. The highest BCUT2D eigenvalue weighted by molar-refractivity contribution is 6.32. The first-order valence-electron chi connectivity index (χ1n) is 10.3. The lowest BCUT2D eigenvalue weighted by atomic mass is 10.0. The van der Waals surface area contributed by atoms with Gasteiger partial charge in [-0.1, -0.05) is 54.1 Å². The summed E-state index contributed by atoms with van der Waals surface area (Å²) in [6.07, 6.45) is 2.77. The molecule has 166 valence electrons. The van der Waals surface area contributed by atoms with Crippen molar-refractivity contribution in [3.63, 3.8) is 0 Å². The number of rotatable bonds is 5. The summed E-state index contributed by atoms with van der Waals surface area (Å²) in [5, 5.41) is 16.0. The van der Waals surface area contributed by atoms with Crippen molar-refractivity contribution >= 4 is 56.8 Å². The number of carbonyl (C=O) groups excluding carboxylic acids is 1. The molecule has 0 saturated carbocycles. The highest BCUT2D eigenvalue weighted by Gasteiger charge is 2.13. The third kappa shape index (κ3) is 4.24. The van der Waals surface area contributed by atoms with Gasteiger partial charge in [-0.2, -0.15) is 0 Å². The minimum atomic E-state index is -0.570. The van der Waals surface area contributed by atoms with Crippen molar-refractivity contribution in [2.45, 2.75) is 0 Å². The van der Waals surface area contributed by atoms with E-state index in [9.17, 15) is 14.9 Å². The number of anilines is 1. The lowest BCUT2D eigenvalue weighted by Gasteiger charge is -2.01. The SMILES string of the molecule is O=C(/C=C/c1ccc(Cl)c([N+](=O)[O-])c1)Nc1ccc2oc(-c3cccc4ccccc34)nc2c1. The fourth-order valence-corrected chi connectivity index (χ4v) is 3.85. The number of oxazole rings is 1. The molecular weight excluding hydrogens is 454 g/mol. The van der Waals surface area contributed by atoms with Crippen molar-refractivity contribution in [3.8, 4) is 11.5 Å². The van der Waals surface area contributed by atoms with Gasteiger partial charge in [-0.25, -0.2) is 4.98 Å². The number of benzene rings is 4. The van der Waals surface area contributed by atoms with Gasteiger partial charge in [-0.3, -0.25) is 14.9 Å². The van der Waals surface area contributed by atoms with Crippen LogP contribution in [0.2, 0.25) is 5.02 Å². The Kier molecular flexibility index (Phi) is 5.53. The number of nitrogens with one attached hydrogen (secondary N) is 1. The zero-order valence-electron chi connectivity index (χ0n) is 17.6. The number of nitro benzene ring substituents is 1. The Morgan fingerprint density at radius 2 is 1.85 bits per heavy atom. The van der Waals surface area contributed by atoms with Crippen LogP contribution in [0.25, 0.3) is 39.4 Å². The smallest absolute Gasteiger partial charge is 0.288 e. The Morgan fingerprint density at radius 1 is 1.03 bits per heavy atom. The Hall–Kier alpha value is -4.49. The number of carbonyl (C=O) groups is 1. The number of nitrogens with zero attached hydrogens (tertiary/aromatic N) is 2. The van der Waals surface area contributed by atoms with Crippen molar-refractivity contribution in [2.24, 2.45) is 0 Å². The summed E-state index contributed by atoms with van der Waals surface area (Å²) in [6, 6.07) is 23.5. The monoisotopic (exact) mass is 469 g/mol. The fraction of sp³-hybridized carbons (Fsp3) is 0. The number of halogens is 1. The van der Waals surface area contributed by atoms with E-state index in [4.69, 9.17) is 16.0 Å². The molecule has 5 aromatic rings. The highest BCUT2D eigenvalue weighted by atomic mass is 35.5. The van der Waals surface area contributed by atoms with Gasteiger partial charge in [0, 0.05) is 23.4 Å². The Balaban J connectivity index is 1.37. The summed E-state index contributed by atoms with van der Waals surface area (Å²) in [5.74, 6) is 0.106. The van der Waals surface area contributed by atoms with E-state index < -0.39 is 10.8 Å². The number of hydrogen-bond donors (Lipinski definition) is 1. The zero-order chi connectivity index (χ0) is 23.7. The summed E-state index contributed by atoms with van der Waals surface area (Å²) in [7, 11) is 0. The lowest BCUT2D eigenvalue weighted by molar-refractivity contribution is -0.384. The average molecular weight is 470 g/mol. The maximum Gasteiger partial charge on any atom is 0.288 e. The molecule has 0 unspecified atom stereocenters. The molecule has 1 aromatic heterocycles. The molecule has 1 N–H and O–H groups in total. The highest BCUT2D eigenvalue weighted by Crippen LogP contribution is 2.31. The number of amides is 1. The van der Waals surface area contributed by atoms with Crippen LogP contribution in [0.4, 0.5) is 11.4 Å². The van der Waals surface area contributed by atoms with Crippen molar-refractivity contribution in [2.75, 3.05) is 5.32 Å². The van der Waals surface area contributed by atoms with E-state index in [1.165, 1.54) is 24.3 Å². The molecule has 0 aliphatic carbocycles. The molecule has 0 radical (unpaired) electrons.